The van der Waals surface area contributed by atoms with Crippen LogP contribution in [0.25, 0.3) is 11.3 Å². The summed E-state index contributed by atoms with van der Waals surface area (Å²) in [5.41, 5.74) is 1.23. The molecule has 0 amide bonds. The number of aryl methyl sites for hydroxylation is 2. The van der Waals surface area contributed by atoms with Gasteiger partial charge in [0.15, 0.2) is 0 Å². The Labute approximate surface area is 95.9 Å². The predicted molar refractivity (Wildman–Crippen MR) is 56.2 cm³/mol. The van der Waals surface area contributed by atoms with Crippen LogP contribution in [0.5, 0.6) is 0 Å². The van der Waals surface area contributed by atoms with E-state index in [1.807, 2.05) is 6.92 Å². The van der Waals surface area contributed by atoms with Gasteiger partial charge in [0.25, 0.3) is 0 Å². The van der Waals surface area contributed by atoms with Crippen molar-refractivity contribution in [3.05, 3.63) is 35.8 Å². The standard InChI is InChI=1S/C11H10F3N3/c1-7-6-17(2)16-10(7)8-3-4-9(15-5-8)11(12,13)14/h3-6H,1-2H3. The summed E-state index contributed by atoms with van der Waals surface area (Å²) in [5, 5.41) is 4.17. The number of hydrogen-bond donors (Lipinski definition) is 0. The maximum atomic E-state index is 12.3. The van der Waals surface area contributed by atoms with Gasteiger partial charge in [-0.1, -0.05) is 0 Å². The molecule has 0 fully saturated rings. The number of halogens is 3. The lowest BCUT2D eigenvalue weighted by atomic mass is 10.1. The van der Waals surface area contributed by atoms with Crippen LogP contribution in [0.1, 0.15) is 11.3 Å². The summed E-state index contributed by atoms with van der Waals surface area (Å²) in [5.74, 6) is 0. The zero-order valence-electron chi connectivity index (χ0n) is 9.28. The van der Waals surface area contributed by atoms with E-state index in [-0.39, 0.29) is 0 Å². The quantitative estimate of drug-likeness (QED) is 0.768. The summed E-state index contributed by atoms with van der Waals surface area (Å²) in [6.07, 6.45) is -1.41. The monoisotopic (exact) mass is 241 g/mol. The molecule has 0 radical (unpaired) electrons. The van der Waals surface area contributed by atoms with Crippen molar-refractivity contribution in [2.75, 3.05) is 0 Å². The van der Waals surface area contributed by atoms with Crippen LogP contribution < -0.4 is 0 Å². The number of alkyl halides is 3. The van der Waals surface area contributed by atoms with Crippen LogP contribution in [-0.4, -0.2) is 14.8 Å². The first-order valence-electron chi connectivity index (χ1n) is 4.92. The smallest absolute Gasteiger partial charge is 0.275 e. The highest BCUT2D eigenvalue weighted by Crippen LogP contribution is 2.29. The van der Waals surface area contributed by atoms with Crippen LogP contribution in [-0.2, 0) is 13.2 Å². The fourth-order valence-electron chi connectivity index (χ4n) is 1.59. The molecule has 0 aliphatic heterocycles. The van der Waals surface area contributed by atoms with E-state index < -0.39 is 11.9 Å². The van der Waals surface area contributed by atoms with Crippen molar-refractivity contribution in [3.63, 3.8) is 0 Å². The molecule has 2 aromatic rings. The van der Waals surface area contributed by atoms with Gasteiger partial charge in [-0.05, 0) is 24.6 Å². The van der Waals surface area contributed by atoms with Gasteiger partial charge in [0.2, 0.25) is 0 Å². The Balaban J connectivity index is 2.39. The van der Waals surface area contributed by atoms with E-state index in [2.05, 4.69) is 10.1 Å². The normalized spacial score (nSPS) is 11.8. The molecule has 0 saturated carbocycles. The van der Waals surface area contributed by atoms with Gasteiger partial charge in [-0.25, -0.2) is 0 Å². The summed E-state index contributed by atoms with van der Waals surface area (Å²) in [7, 11) is 1.76. The number of hydrogen-bond acceptors (Lipinski definition) is 2. The maximum Gasteiger partial charge on any atom is 0.433 e. The van der Waals surface area contributed by atoms with E-state index in [1.165, 1.54) is 12.3 Å². The first-order chi connectivity index (χ1) is 7.88. The zero-order valence-corrected chi connectivity index (χ0v) is 9.28. The summed E-state index contributed by atoms with van der Waals surface area (Å²) >= 11 is 0. The summed E-state index contributed by atoms with van der Waals surface area (Å²) in [6.45, 7) is 1.85. The summed E-state index contributed by atoms with van der Waals surface area (Å²) in [6, 6.07) is 2.34. The summed E-state index contributed by atoms with van der Waals surface area (Å²) in [4.78, 5) is 3.40. The molecular weight excluding hydrogens is 231 g/mol. The molecule has 90 valence electrons. The molecule has 0 unspecified atom stereocenters. The van der Waals surface area contributed by atoms with Crippen LogP contribution in [0.3, 0.4) is 0 Å². The Morgan fingerprint density at radius 1 is 1.24 bits per heavy atom. The van der Waals surface area contributed by atoms with Crippen molar-refractivity contribution < 1.29 is 13.2 Å². The Bertz CT molecular complexity index is 526. The fraction of sp³-hybridized carbons (Fsp3) is 0.273. The highest BCUT2D eigenvalue weighted by molar-refractivity contribution is 5.61. The Hall–Kier alpha value is -1.85. The molecule has 0 bridgehead atoms. The molecular formula is C11H10F3N3. The van der Waals surface area contributed by atoms with Gasteiger partial charge in [-0.3, -0.25) is 9.67 Å². The minimum Gasteiger partial charge on any atom is -0.275 e. The van der Waals surface area contributed by atoms with Crippen molar-refractivity contribution >= 4 is 0 Å². The first-order valence-corrected chi connectivity index (χ1v) is 4.92. The predicted octanol–water partition coefficient (Wildman–Crippen LogP) is 2.81. The number of pyridine rings is 1. The SMILES string of the molecule is Cc1cn(C)nc1-c1ccc(C(F)(F)F)nc1. The molecule has 0 N–H and O–H groups in total. The lowest BCUT2D eigenvalue weighted by Gasteiger charge is -2.05. The van der Waals surface area contributed by atoms with Gasteiger partial charge < -0.3 is 0 Å². The van der Waals surface area contributed by atoms with Crippen molar-refractivity contribution in [3.8, 4) is 11.3 Å². The van der Waals surface area contributed by atoms with Crippen molar-refractivity contribution in [1.82, 2.24) is 14.8 Å². The van der Waals surface area contributed by atoms with Crippen LogP contribution in [0, 0.1) is 6.92 Å². The Morgan fingerprint density at radius 2 is 1.94 bits per heavy atom. The van der Waals surface area contributed by atoms with E-state index >= 15 is 0 Å². The molecule has 0 atom stereocenters. The van der Waals surface area contributed by atoms with Gasteiger partial charge in [-0.2, -0.15) is 18.3 Å². The molecule has 0 aliphatic carbocycles. The Morgan fingerprint density at radius 3 is 2.35 bits per heavy atom. The lowest BCUT2D eigenvalue weighted by molar-refractivity contribution is -0.141. The highest BCUT2D eigenvalue weighted by Gasteiger charge is 2.32. The second kappa shape index (κ2) is 3.87. The van der Waals surface area contributed by atoms with Gasteiger partial charge >= 0.3 is 6.18 Å². The molecule has 0 aromatic carbocycles. The van der Waals surface area contributed by atoms with E-state index in [0.717, 1.165) is 11.6 Å². The molecule has 6 heteroatoms. The highest BCUT2D eigenvalue weighted by atomic mass is 19.4. The molecule has 2 heterocycles. The third-order valence-corrected chi connectivity index (χ3v) is 2.34. The van der Waals surface area contributed by atoms with Gasteiger partial charge in [0, 0.05) is 25.0 Å². The third-order valence-electron chi connectivity index (χ3n) is 2.34. The van der Waals surface area contributed by atoms with Crippen molar-refractivity contribution in [2.45, 2.75) is 13.1 Å². The maximum absolute atomic E-state index is 12.3. The average molecular weight is 241 g/mol. The van der Waals surface area contributed by atoms with E-state index in [4.69, 9.17) is 0 Å². The zero-order chi connectivity index (χ0) is 12.6. The minimum atomic E-state index is -4.41. The molecule has 0 spiro atoms. The lowest BCUT2D eigenvalue weighted by Crippen LogP contribution is -2.07. The van der Waals surface area contributed by atoms with Gasteiger partial charge in [0.1, 0.15) is 5.69 Å². The second-order valence-electron chi connectivity index (χ2n) is 3.76. The summed E-state index contributed by atoms with van der Waals surface area (Å²) < 4.78 is 38.6. The number of rotatable bonds is 1. The Kier molecular flexibility index (Phi) is 2.65. The van der Waals surface area contributed by atoms with E-state index in [0.29, 0.717) is 11.3 Å². The van der Waals surface area contributed by atoms with Gasteiger partial charge in [0.05, 0.1) is 5.69 Å². The fourth-order valence-corrected chi connectivity index (χ4v) is 1.59. The van der Waals surface area contributed by atoms with Crippen LogP contribution >= 0.6 is 0 Å². The number of aromatic nitrogens is 3. The van der Waals surface area contributed by atoms with Crippen LogP contribution in [0.2, 0.25) is 0 Å². The van der Waals surface area contributed by atoms with Crippen LogP contribution in [0.15, 0.2) is 24.5 Å². The molecule has 3 nitrogen and oxygen atoms in total. The van der Waals surface area contributed by atoms with Gasteiger partial charge in [-0.15, -0.1) is 0 Å². The molecule has 2 aromatic heterocycles. The largest absolute Gasteiger partial charge is 0.433 e. The van der Waals surface area contributed by atoms with E-state index in [9.17, 15) is 13.2 Å². The van der Waals surface area contributed by atoms with Crippen molar-refractivity contribution in [1.29, 1.82) is 0 Å². The minimum absolute atomic E-state index is 0.580. The van der Waals surface area contributed by atoms with Crippen molar-refractivity contribution in [2.24, 2.45) is 7.05 Å². The average Bonchev–Trinajstić information content (AvgIpc) is 2.57. The molecule has 2 rings (SSSR count). The third kappa shape index (κ3) is 2.30. The second-order valence-corrected chi connectivity index (χ2v) is 3.76. The first kappa shape index (κ1) is 11.6. The van der Waals surface area contributed by atoms with E-state index in [1.54, 1.807) is 17.9 Å². The topological polar surface area (TPSA) is 30.7 Å². The van der Waals surface area contributed by atoms with Crippen LogP contribution in [0.4, 0.5) is 13.2 Å². The number of nitrogens with zero attached hydrogens (tertiary/aromatic N) is 3. The molecule has 0 saturated heterocycles. The molecule has 0 aliphatic rings. The molecule has 17 heavy (non-hydrogen) atoms.